The van der Waals surface area contributed by atoms with E-state index in [0.29, 0.717) is 13.0 Å². The number of aryl methyl sites for hydroxylation is 2. The summed E-state index contributed by atoms with van der Waals surface area (Å²) in [6, 6.07) is 20.5. The number of furan rings is 1. The molecule has 0 saturated carbocycles. The summed E-state index contributed by atoms with van der Waals surface area (Å²) >= 11 is 0. The Morgan fingerprint density at radius 2 is 1.96 bits per heavy atom. The SMILES string of the molecule is Cc1cccc(C(CC(=O)NCc2ccco2)c2cn(C)c3ccccc23)c1. The third kappa shape index (κ3) is 3.72. The number of benzene rings is 2. The highest BCUT2D eigenvalue weighted by Crippen LogP contribution is 2.34. The summed E-state index contributed by atoms with van der Waals surface area (Å²) in [4.78, 5) is 12.8. The van der Waals surface area contributed by atoms with E-state index in [1.807, 2.05) is 18.2 Å². The molecule has 4 rings (SSSR count). The summed E-state index contributed by atoms with van der Waals surface area (Å²) < 4.78 is 7.45. The van der Waals surface area contributed by atoms with Crippen molar-refractivity contribution >= 4 is 16.8 Å². The van der Waals surface area contributed by atoms with Crippen molar-refractivity contribution < 1.29 is 9.21 Å². The molecular weight excluding hydrogens is 348 g/mol. The molecule has 0 bridgehead atoms. The average Bonchev–Trinajstić information content (AvgIpc) is 3.33. The van der Waals surface area contributed by atoms with E-state index >= 15 is 0 Å². The van der Waals surface area contributed by atoms with Gasteiger partial charge in [-0.25, -0.2) is 0 Å². The maximum atomic E-state index is 12.8. The molecule has 0 spiro atoms. The molecular formula is C24H24N2O2. The van der Waals surface area contributed by atoms with Gasteiger partial charge >= 0.3 is 0 Å². The van der Waals surface area contributed by atoms with Crippen molar-refractivity contribution in [3.63, 3.8) is 0 Å². The average molecular weight is 372 g/mol. The van der Waals surface area contributed by atoms with Crippen LogP contribution in [0.1, 0.15) is 34.8 Å². The largest absolute Gasteiger partial charge is 0.467 e. The Labute approximate surface area is 164 Å². The highest BCUT2D eigenvalue weighted by atomic mass is 16.3. The Hall–Kier alpha value is -3.27. The van der Waals surface area contributed by atoms with Crippen LogP contribution in [0, 0.1) is 6.92 Å². The maximum absolute atomic E-state index is 12.8. The third-order valence-corrected chi connectivity index (χ3v) is 5.18. The van der Waals surface area contributed by atoms with Gasteiger partial charge in [-0.3, -0.25) is 4.79 Å². The summed E-state index contributed by atoms with van der Waals surface area (Å²) in [5, 5.41) is 4.18. The van der Waals surface area contributed by atoms with E-state index in [-0.39, 0.29) is 11.8 Å². The molecule has 0 radical (unpaired) electrons. The molecule has 1 atom stereocenters. The first-order chi connectivity index (χ1) is 13.6. The lowest BCUT2D eigenvalue weighted by Gasteiger charge is -2.18. The minimum absolute atomic E-state index is 0.0100. The summed E-state index contributed by atoms with van der Waals surface area (Å²) in [5.74, 6) is 0.754. The van der Waals surface area contributed by atoms with Crippen LogP contribution in [0.15, 0.2) is 77.5 Å². The van der Waals surface area contributed by atoms with Gasteiger partial charge < -0.3 is 14.3 Å². The first kappa shape index (κ1) is 18.1. The molecule has 0 aliphatic heterocycles. The third-order valence-electron chi connectivity index (χ3n) is 5.18. The Balaban J connectivity index is 1.67. The van der Waals surface area contributed by atoms with Gasteiger partial charge in [-0.2, -0.15) is 0 Å². The van der Waals surface area contributed by atoms with Crippen LogP contribution in [-0.2, 0) is 18.4 Å². The summed E-state index contributed by atoms with van der Waals surface area (Å²) in [5.41, 5.74) is 4.70. The van der Waals surface area contributed by atoms with Crippen molar-refractivity contribution in [2.75, 3.05) is 0 Å². The number of para-hydroxylation sites is 1. The van der Waals surface area contributed by atoms with Gasteiger partial charge in [-0.05, 0) is 36.2 Å². The molecule has 0 saturated heterocycles. The number of rotatable bonds is 6. The van der Waals surface area contributed by atoms with Gasteiger partial charge in [0.15, 0.2) is 0 Å². The molecule has 1 unspecified atom stereocenters. The molecule has 4 heteroatoms. The normalized spacial score (nSPS) is 12.2. The monoisotopic (exact) mass is 372 g/mol. The molecule has 0 aliphatic rings. The van der Waals surface area contributed by atoms with Gasteiger partial charge in [-0.1, -0.05) is 48.0 Å². The van der Waals surface area contributed by atoms with Crippen LogP contribution in [0.4, 0.5) is 0 Å². The molecule has 2 heterocycles. The van der Waals surface area contributed by atoms with Gasteiger partial charge in [0.2, 0.25) is 5.91 Å². The molecule has 4 nitrogen and oxygen atoms in total. The number of carbonyl (C=O) groups excluding carboxylic acids is 1. The van der Waals surface area contributed by atoms with Crippen LogP contribution in [0.5, 0.6) is 0 Å². The van der Waals surface area contributed by atoms with E-state index in [4.69, 9.17) is 4.42 Å². The minimum atomic E-state index is -0.0115. The summed E-state index contributed by atoms with van der Waals surface area (Å²) in [6.45, 7) is 2.49. The fraction of sp³-hybridized carbons (Fsp3) is 0.208. The van der Waals surface area contributed by atoms with E-state index in [1.165, 1.54) is 22.0 Å². The highest BCUT2D eigenvalue weighted by Gasteiger charge is 2.22. The van der Waals surface area contributed by atoms with Crippen LogP contribution in [-0.4, -0.2) is 10.5 Å². The van der Waals surface area contributed by atoms with E-state index in [2.05, 4.69) is 72.5 Å². The van der Waals surface area contributed by atoms with Gasteiger partial charge in [0, 0.05) is 36.5 Å². The second-order valence-corrected chi connectivity index (χ2v) is 7.24. The molecule has 2 aromatic heterocycles. The van der Waals surface area contributed by atoms with E-state index in [9.17, 15) is 4.79 Å². The Morgan fingerprint density at radius 3 is 2.75 bits per heavy atom. The van der Waals surface area contributed by atoms with Crippen molar-refractivity contribution in [1.29, 1.82) is 0 Å². The molecule has 0 fully saturated rings. The number of carbonyl (C=O) groups is 1. The maximum Gasteiger partial charge on any atom is 0.221 e. The second-order valence-electron chi connectivity index (χ2n) is 7.24. The number of hydrogen-bond acceptors (Lipinski definition) is 2. The Kier molecular flexibility index (Phi) is 5.02. The predicted octanol–water partition coefficient (Wildman–Crippen LogP) is 4.92. The van der Waals surface area contributed by atoms with Gasteiger partial charge in [0.25, 0.3) is 0 Å². The zero-order valence-corrected chi connectivity index (χ0v) is 16.2. The predicted molar refractivity (Wildman–Crippen MR) is 111 cm³/mol. The van der Waals surface area contributed by atoms with Crippen LogP contribution in [0.2, 0.25) is 0 Å². The molecule has 0 aliphatic carbocycles. The van der Waals surface area contributed by atoms with Crippen LogP contribution >= 0.6 is 0 Å². The van der Waals surface area contributed by atoms with Gasteiger partial charge in [0.05, 0.1) is 12.8 Å². The highest BCUT2D eigenvalue weighted by molar-refractivity contribution is 5.86. The first-order valence-corrected chi connectivity index (χ1v) is 9.51. The van der Waals surface area contributed by atoms with Crippen LogP contribution < -0.4 is 5.32 Å². The number of nitrogens with one attached hydrogen (secondary N) is 1. The molecule has 1 N–H and O–H groups in total. The topological polar surface area (TPSA) is 47.2 Å². The van der Waals surface area contributed by atoms with Crippen molar-refractivity contribution in [2.24, 2.45) is 7.05 Å². The van der Waals surface area contributed by atoms with Gasteiger partial charge in [-0.15, -0.1) is 0 Å². The number of aromatic nitrogens is 1. The van der Waals surface area contributed by atoms with Crippen molar-refractivity contribution in [3.8, 4) is 0 Å². The molecule has 28 heavy (non-hydrogen) atoms. The number of nitrogens with zero attached hydrogens (tertiary/aromatic N) is 1. The zero-order chi connectivity index (χ0) is 19.5. The lowest BCUT2D eigenvalue weighted by atomic mass is 9.87. The standard InChI is InChI=1S/C24H24N2O2/c1-17-7-5-8-18(13-17)21(14-24(27)25-15-19-9-6-12-28-19)22-16-26(2)23-11-4-3-10-20(22)23/h3-13,16,21H,14-15H2,1-2H3,(H,25,27). The molecule has 142 valence electrons. The van der Waals surface area contributed by atoms with Crippen molar-refractivity contribution in [2.45, 2.75) is 25.8 Å². The lowest BCUT2D eigenvalue weighted by Crippen LogP contribution is -2.24. The minimum Gasteiger partial charge on any atom is -0.467 e. The summed E-state index contributed by atoms with van der Waals surface area (Å²) in [7, 11) is 2.05. The quantitative estimate of drug-likeness (QED) is 0.522. The molecule has 4 aromatic rings. The van der Waals surface area contributed by atoms with E-state index < -0.39 is 0 Å². The molecule has 2 aromatic carbocycles. The Bertz CT molecular complexity index is 1090. The molecule has 1 amide bonds. The Morgan fingerprint density at radius 1 is 1.11 bits per heavy atom. The van der Waals surface area contributed by atoms with E-state index in [1.54, 1.807) is 6.26 Å². The lowest BCUT2D eigenvalue weighted by molar-refractivity contribution is -0.121. The fourth-order valence-electron chi connectivity index (χ4n) is 3.80. The number of hydrogen-bond donors (Lipinski definition) is 1. The van der Waals surface area contributed by atoms with Crippen molar-refractivity contribution in [1.82, 2.24) is 9.88 Å². The smallest absolute Gasteiger partial charge is 0.221 e. The second kappa shape index (κ2) is 7.77. The number of amides is 1. The fourth-order valence-corrected chi connectivity index (χ4v) is 3.80. The van der Waals surface area contributed by atoms with Crippen LogP contribution in [0.25, 0.3) is 10.9 Å². The zero-order valence-electron chi connectivity index (χ0n) is 16.2. The number of fused-ring (bicyclic) bond motifs is 1. The van der Waals surface area contributed by atoms with E-state index in [0.717, 1.165) is 11.3 Å². The van der Waals surface area contributed by atoms with Crippen LogP contribution in [0.3, 0.4) is 0 Å². The summed E-state index contributed by atoms with van der Waals surface area (Å²) in [6.07, 6.45) is 4.16. The van der Waals surface area contributed by atoms with Crippen molar-refractivity contribution in [3.05, 3.63) is 95.6 Å². The first-order valence-electron chi connectivity index (χ1n) is 9.51. The van der Waals surface area contributed by atoms with Gasteiger partial charge in [0.1, 0.15) is 5.76 Å².